The second-order valence-electron chi connectivity index (χ2n) is 6.59. The summed E-state index contributed by atoms with van der Waals surface area (Å²) in [6.07, 6.45) is 3.60. The van der Waals surface area contributed by atoms with Gasteiger partial charge in [-0.1, -0.05) is 13.8 Å². The maximum Gasteiger partial charge on any atom is 0.182 e. The van der Waals surface area contributed by atoms with Crippen LogP contribution in [-0.4, -0.2) is 20.2 Å². The topological polar surface area (TPSA) is 69.6 Å². The Labute approximate surface area is 125 Å². The molecule has 2 atom stereocenters. The van der Waals surface area contributed by atoms with Crippen LogP contribution in [0.5, 0.6) is 0 Å². The van der Waals surface area contributed by atoms with Crippen LogP contribution in [0.1, 0.15) is 44.7 Å². The molecule has 0 bridgehead atoms. The van der Waals surface area contributed by atoms with Crippen LogP contribution in [-0.2, 0) is 0 Å². The highest BCUT2D eigenvalue weighted by molar-refractivity contribution is 5.63. The molecule has 1 aliphatic carbocycles. The zero-order valence-electron chi connectivity index (χ0n) is 13.0. The Kier molecular flexibility index (Phi) is 3.66. The molecule has 2 unspecified atom stereocenters. The van der Waals surface area contributed by atoms with Crippen LogP contribution in [0.25, 0.3) is 11.4 Å². The lowest BCUT2D eigenvalue weighted by atomic mass is 9.80. The van der Waals surface area contributed by atoms with E-state index < -0.39 is 0 Å². The average Bonchev–Trinajstić information content (AvgIpc) is 2.86. The van der Waals surface area contributed by atoms with Crippen LogP contribution < -0.4 is 5.73 Å². The number of benzene rings is 1. The molecular formula is C16H23N5. The van der Waals surface area contributed by atoms with Crippen molar-refractivity contribution in [1.82, 2.24) is 20.2 Å². The number of aryl methyl sites for hydroxylation is 1. The molecule has 0 saturated heterocycles. The van der Waals surface area contributed by atoms with Gasteiger partial charge >= 0.3 is 0 Å². The van der Waals surface area contributed by atoms with Crippen molar-refractivity contribution in [2.24, 2.45) is 11.8 Å². The van der Waals surface area contributed by atoms with Gasteiger partial charge in [-0.25, -0.2) is 4.68 Å². The van der Waals surface area contributed by atoms with Gasteiger partial charge in [0.1, 0.15) is 0 Å². The number of nitrogens with two attached hydrogens (primary N) is 1. The molecule has 3 rings (SSSR count). The third-order valence-corrected chi connectivity index (χ3v) is 4.48. The van der Waals surface area contributed by atoms with Gasteiger partial charge in [0.25, 0.3) is 0 Å². The van der Waals surface area contributed by atoms with E-state index in [1.807, 2.05) is 22.9 Å². The summed E-state index contributed by atoms with van der Waals surface area (Å²) in [4.78, 5) is 0. The lowest BCUT2D eigenvalue weighted by Gasteiger charge is -2.31. The van der Waals surface area contributed by atoms with Crippen LogP contribution >= 0.6 is 0 Å². The van der Waals surface area contributed by atoms with E-state index in [0.29, 0.717) is 6.04 Å². The summed E-state index contributed by atoms with van der Waals surface area (Å²) in [7, 11) is 0. The highest BCUT2D eigenvalue weighted by atomic mass is 15.5. The Bertz CT molecular complexity index is 623. The van der Waals surface area contributed by atoms with Crippen LogP contribution in [0, 0.1) is 18.8 Å². The summed E-state index contributed by atoms with van der Waals surface area (Å²) in [6.45, 7) is 6.69. The third-order valence-electron chi connectivity index (χ3n) is 4.48. The molecular weight excluding hydrogens is 262 g/mol. The molecule has 1 aliphatic rings. The molecule has 0 amide bonds. The maximum atomic E-state index is 5.84. The number of rotatable bonds is 2. The lowest BCUT2D eigenvalue weighted by molar-refractivity contribution is 0.209. The Morgan fingerprint density at radius 3 is 2.52 bits per heavy atom. The fourth-order valence-electron chi connectivity index (χ4n) is 3.66. The van der Waals surface area contributed by atoms with E-state index in [9.17, 15) is 0 Å². The van der Waals surface area contributed by atoms with E-state index in [-0.39, 0.29) is 0 Å². The Morgan fingerprint density at radius 2 is 1.86 bits per heavy atom. The van der Waals surface area contributed by atoms with E-state index in [1.54, 1.807) is 0 Å². The monoisotopic (exact) mass is 285 g/mol. The number of hydrogen-bond acceptors (Lipinski definition) is 4. The Hall–Kier alpha value is -1.91. The SMILES string of the molecule is Cc1cc(N)ccc1-c1nnnn1C1CC(C)CC(C)C1. The molecule has 1 aromatic heterocycles. The van der Waals surface area contributed by atoms with Gasteiger partial charge in [0.15, 0.2) is 5.82 Å². The third kappa shape index (κ3) is 2.77. The zero-order valence-corrected chi connectivity index (χ0v) is 13.0. The standard InChI is InChI=1S/C16H23N5/c1-10-6-11(2)8-14(7-10)21-16(18-19-20-21)15-5-4-13(17)9-12(15)3/h4-5,9-11,14H,6-8,17H2,1-3H3. The van der Waals surface area contributed by atoms with Crippen LogP contribution in [0.15, 0.2) is 18.2 Å². The molecule has 5 nitrogen and oxygen atoms in total. The largest absolute Gasteiger partial charge is 0.399 e. The van der Waals surface area contributed by atoms with Crippen molar-refractivity contribution in [1.29, 1.82) is 0 Å². The van der Waals surface area contributed by atoms with Crippen molar-refractivity contribution in [3.8, 4) is 11.4 Å². The molecule has 1 saturated carbocycles. The molecule has 1 heterocycles. The molecule has 2 N–H and O–H groups in total. The number of nitrogens with zero attached hydrogens (tertiary/aromatic N) is 4. The van der Waals surface area contributed by atoms with Crippen molar-refractivity contribution in [3.63, 3.8) is 0 Å². The van der Waals surface area contributed by atoms with Crippen LogP contribution in [0.4, 0.5) is 5.69 Å². The van der Waals surface area contributed by atoms with Gasteiger partial charge in [-0.2, -0.15) is 0 Å². The normalized spacial score (nSPS) is 26.0. The number of tetrazole rings is 1. The minimum Gasteiger partial charge on any atom is -0.399 e. The van der Waals surface area contributed by atoms with E-state index in [4.69, 9.17) is 5.73 Å². The molecule has 1 aromatic carbocycles. The fourth-order valence-corrected chi connectivity index (χ4v) is 3.66. The maximum absolute atomic E-state index is 5.84. The van der Waals surface area contributed by atoms with Gasteiger partial charge < -0.3 is 5.73 Å². The highest BCUT2D eigenvalue weighted by Gasteiger charge is 2.28. The van der Waals surface area contributed by atoms with Crippen molar-refractivity contribution >= 4 is 5.69 Å². The molecule has 0 spiro atoms. The van der Waals surface area contributed by atoms with E-state index >= 15 is 0 Å². The van der Waals surface area contributed by atoms with Gasteiger partial charge in [-0.15, -0.1) is 5.10 Å². The summed E-state index contributed by atoms with van der Waals surface area (Å²) >= 11 is 0. The van der Waals surface area contributed by atoms with Crippen molar-refractivity contribution in [3.05, 3.63) is 23.8 Å². The summed E-state index contributed by atoms with van der Waals surface area (Å²) in [5.41, 5.74) is 8.80. The average molecular weight is 285 g/mol. The summed E-state index contributed by atoms with van der Waals surface area (Å²) in [5.74, 6) is 2.31. The second kappa shape index (κ2) is 5.47. The summed E-state index contributed by atoms with van der Waals surface area (Å²) in [6, 6.07) is 6.29. The van der Waals surface area contributed by atoms with E-state index in [0.717, 1.165) is 47.3 Å². The molecule has 5 heteroatoms. The predicted octanol–water partition coefficient (Wildman–Crippen LogP) is 3.23. The van der Waals surface area contributed by atoms with Crippen molar-refractivity contribution in [2.45, 2.75) is 46.1 Å². The molecule has 0 aliphatic heterocycles. The molecule has 21 heavy (non-hydrogen) atoms. The lowest BCUT2D eigenvalue weighted by Crippen LogP contribution is -2.24. The van der Waals surface area contributed by atoms with Gasteiger partial charge in [0.05, 0.1) is 6.04 Å². The van der Waals surface area contributed by atoms with Crippen LogP contribution in [0.3, 0.4) is 0 Å². The van der Waals surface area contributed by atoms with Crippen molar-refractivity contribution < 1.29 is 0 Å². The Morgan fingerprint density at radius 1 is 1.14 bits per heavy atom. The molecule has 1 fully saturated rings. The second-order valence-corrected chi connectivity index (χ2v) is 6.59. The van der Waals surface area contributed by atoms with Crippen LogP contribution in [0.2, 0.25) is 0 Å². The predicted molar refractivity (Wildman–Crippen MR) is 83.6 cm³/mol. The van der Waals surface area contributed by atoms with Gasteiger partial charge in [0, 0.05) is 11.3 Å². The van der Waals surface area contributed by atoms with Crippen molar-refractivity contribution in [2.75, 3.05) is 5.73 Å². The number of nitrogen functional groups attached to an aromatic ring is 1. The zero-order chi connectivity index (χ0) is 15.0. The van der Waals surface area contributed by atoms with Gasteiger partial charge in [-0.05, 0) is 72.2 Å². The highest BCUT2D eigenvalue weighted by Crippen LogP contribution is 2.37. The first-order chi connectivity index (χ1) is 10.0. The van der Waals surface area contributed by atoms with E-state index in [2.05, 4.69) is 36.3 Å². The summed E-state index contributed by atoms with van der Waals surface area (Å²) in [5, 5.41) is 12.5. The fraction of sp³-hybridized carbons (Fsp3) is 0.562. The molecule has 112 valence electrons. The van der Waals surface area contributed by atoms with Gasteiger partial charge in [-0.3, -0.25) is 0 Å². The smallest absolute Gasteiger partial charge is 0.182 e. The number of hydrogen-bond donors (Lipinski definition) is 1. The molecule has 2 aromatic rings. The van der Waals surface area contributed by atoms with E-state index in [1.165, 1.54) is 6.42 Å². The first-order valence-electron chi connectivity index (χ1n) is 7.69. The minimum atomic E-state index is 0.394. The number of aromatic nitrogens is 4. The minimum absolute atomic E-state index is 0.394. The quantitative estimate of drug-likeness (QED) is 0.860. The molecule has 0 radical (unpaired) electrons. The summed E-state index contributed by atoms with van der Waals surface area (Å²) < 4.78 is 2.02. The van der Waals surface area contributed by atoms with Gasteiger partial charge in [0.2, 0.25) is 0 Å². The first-order valence-corrected chi connectivity index (χ1v) is 7.69. The first kappa shape index (κ1) is 14.0. The number of anilines is 1. The Balaban J connectivity index is 1.97.